The highest BCUT2D eigenvalue weighted by molar-refractivity contribution is 5.84. The van der Waals surface area contributed by atoms with Crippen molar-refractivity contribution in [2.24, 2.45) is 0 Å². The first-order chi connectivity index (χ1) is 10.6. The summed E-state index contributed by atoms with van der Waals surface area (Å²) < 4.78 is 0. The van der Waals surface area contributed by atoms with Gasteiger partial charge < -0.3 is 15.3 Å². The minimum Gasteiger partial charge on any atom is -0.479 e. The van der Waals surface area contributed by atoms with Crippen molar-refractivity contribution >= 4 is 11.9 Å². The van der Waals surface area contributed by atoms with Gasteiger partial charge in [0.1, 0.15) is 0 Å². The number of carbonyl (C=O) groups excluding carboxylic acids is 1. The minimum atomic E-state index is -1.03. The molecular weight excluding hydrogens is 280 g/mol. The van der Waals surface area contributed by atoms with Gasteiger partial charge in [0.2, 0.25) is 5.91 Å². The summed E-state index contributed by atoms with van der Waals surface area (Å²) in [6.07, 6.45) is 3.61. The number of carboxylic acids is 1. The van der Waals surface area contributed by atoms with Crippen LogP contribution in [0, 0.1) is 6.92 Å². The third-order valence-electron chi connectivity index (χ3n) is 4.00. The number of aliphatic carboxylic acids is 1. The van der Waals surface area contributed by atoms with E-state index in [-0.39, 0.29) is 5.91 Å². The molecule has 1 saturated heterocycles. The molecule has 2 N–H and O–H groups in total. The molecule has 1 fully saturated rings. The summed E-state index contributed by atoms with van der Waals surface area (Å²) in [5.41, 5.74) is 1.59. The quantitative estimate of drug-likeness (QED) is 0.809. The van der Waals surface area contributed by atoms with Crippen LogP contribution in [0.4, 0.5) is 0 Å². The minimum absolute atomic E-state index is 0.201. The number of nitrogens with one attached hydrogen (secondary N) is 1. The van der Waals surface area contributed by atoms with Gasteiger partial charge in [0.15, 0.2) is 6.04 Å². The zero-order valence-electron chi connectivity index (χ0n) is 13.0. The fourth-order valence-corrected chi connectivity index (χ4v) is 2.84. The Morgan fingerprint density at radius 2 is 2.05 bits per heavy atom. The molecule has 1 heterocycles. The molecule has 1 atom stereocenters. The largest absolute Gasteiger partial charge is 0.479 e. The summed E-state index contributed by atoms with van der Waals surface area (Å²) in [5.74, 6) is -1.23. The van der Waals surface area contributed by atoms with E-state index in [0.717, 1.165) is 31.6 Å². The molecule has 1 aliphatic heterocycles. The van der Waals surface area contributed by atoms with Gasteiger partial charge >= 0.3 is 5.97 Å². The lowest BCUT2D eigenvalue weighted by Crippen LogP contribution is -2.34. The average Bonchev–Trinajstić information content (AvgIpc) is 2.97. The van der Waals surface area contributed by atoms with Crippen LogP contribution in [-0.4, -0.2) is 41.5 Å². The maximum absolute atomic E-state index is 12.0. The van der Waals surface area contributed by atoms with Gasteiger partial charge in [-0.2, -0.15) is 0 Å². The lowest BCUT2D eigenvalue weighted by atomic mass is 10.0. The fourth-order valence-electron chi connectivity index (χ4n) is 2.84. The van der Waals surface area contributed by atoms with Crippen LogP contribution >= 0.6 is 0 Å². The Kier molecular flexibility index (Phi) is 5.95. The van der Waals surface area contributed by atoms with Crippen molar-refractivity contribution in [2.75, 3.05) is 19.6 Å². The number of hydrogen-bond donors (Lipinski definition) is 2. The van der Waals surface area contributed by atoms with Gasteiger partial charge in [-0.15, -0.1) is 0 Å². The molecule has 5 nitrogen and oxygen atoms in total. The molecule has 0 bridgehead atoms. The van der Waals surface area contributed by atoms with Crippen LogP contribution in [0.3, 0.4) is 0 Å². The van der Waals surface area contributed by atoms with Crippen LogP contribution < -0.4 is 5.32 Å². The van der Waals surface area contributed by atoms with Crippen molar-refractivity contribution in [1.82, 2.24) is 10.2 Å². The van der Waals surface area contributed by atoms with E-state index in [1.807, 2.05) is 13.0 Å². The Morgan fingerprint density at radius 3 is 2.68 bits per heavy atom. The van der Waals surface area contributed by atoms with Crippen LogP contribution in [0.25, 0.3) is 0 Å². The SMILES string of the molecule is Cc1cccc([C@H](NC(=O)CCCN2CCCC2)C(=O)O)c1. The highest BCUT2D eigenvalue weighted by Gasteiger charge is 2.22. The van der Waals surface area contributed by atoms with Gasteiger partial charge in [0.25, 0.3) is 0 Å². The van der Waals surface area contributed by atoms with Crippen LogP contribution in [0.2, 0.25) is 0 Å². The van der Waals surface area contributed by atoms with Crippen molar-refractivity contribution in [3.8, 4) is 0 Å². The molecule has 120 valence electrons. The van der Waals surface area contributed by atoms with Gasteiger partial charge in [0.05, 0.1) is 0 Å². The Labute approximate surface area is 131 Å². The van der Waals surface area contributed by atoms with Crippen LogP contribution in [0.5, 0.6) is 0 Å². The summed E-state index contributed by atoms with van der Waals surface area (Å²) in [7, 11) is 0. The van der Waals surface area contributed by atoms with Crippen molar-refractivity contribution in [3.63, 3.8) is 0 Å². The molecule has 0 unspecified atom stereocenters. The number of benzene rings is 1. The Balaban J connectivity index is 1.84. The van der Waals surface area contributed by atoms with Crippen molar-refractivity contribution in [2.45, 2.75) is 38.6 Å². The predicted octanol–water partition coefficient (Wildman–Crippen LogP) is 2.11. The zero-order valence-corrected chi connectivity index (χ0v) is 13.0. The lowest BCUT2D eigenvalue weighted by molar-refractivity contribution is -0.142. The molecule has 0 saturated carbocycles. The smallest absolute Gasteiger partial charge is 0.330 e. The van der Waals surface area contributed by atoms with E-state index in [1.54, 1.807) is 18.2 Å². The first-order valence-corrected chi connectivity index (χ1v) is 7.87. The molecular formula is C17H24N2O3. The monoisotopic (exact) mass is 304 g/mol. The second-order valence-corrected chi connectivity index (χ2v) is 5.91. The second kappa shape index (κ2) is 7.94. The van der Waals surface area contributed by atoms with E-state index in [1.165, 1.54) is 12.8 Å². The summed E-state index contributed by atoms with van der Waals surface area (Å²) in [6.45, 7) is 5.04. The number of hydrogen-bond acceptors (Lipinski definition) is 3. The Hall–Kier alpha value is -1.88. The van der Waals surface area contributed by atoms with Gasteiger partial charge in [-0.25, -0.2) is 4.79 Å². The molecule has 1 aliphatic rings. The number of carbonyl (C=O) groups is 2. The first kappa shape index (κ1) is 16.5. The summed E-state index contributed by atoms with van der Waals surface area (Å²) in [4.78, 5) is 25.8. The average molecular weight is 304 g/mol. The summed E-state index contributed by atoms with van der Waals surface area (Å²) in [5, 5.41) is 12.0. The third-order valence-corrected chi connectivity index (χ3v) is 4.00. The van der Waals surface area contributed by atoms with Crippen LogP contribution in [-0.2, 0) is 9.59 Å². The Morgan fingerprint density at radius 1 is 1.32 bits per heavy atom. The predicted molar refractivity (Wildman–Crippen MR) is 84.6 cm³/mol. The number of likely N-dealkylation sites (tertiary alicyclic amines) is 1. The van der Waals surface area contributed by atoms with E-state index in [4.69, 9.17) is 0 Å². The summed E-state index contributed by atoms with van der Waals surface area (Å²) >= 11 is 0. The third kappa shape index (κ3) is 4.84. The van der Waals surface area contributed by atoms with E-state index >= 15 is 0 Å². The molecule has 0 aromatic heterocycles. The molecule has 1 aromatic carbocycles. The van der Waals surface area contributed by atoms with Crippen LogP contribution in [0.1, 0.15) is 42.9 Å². The molecule has 2 rings (SSSR count). The number of carboxylic acid groups (broad SMARTS) is 1. The molecule has 22 heavy (non-hydrogen) atoms. The fraction of sp³-hybridized carbons (Fsp3) is 0.529. The van der Waals surface area contributed by atoms with Gasteiger partial charge in [-0.1, -0.05) is 29.8 Å². The maximum atomic E-state index is 12.0. The van der Waals surface area contributed by atoms with E-state index < -0.39 is 12.0 Å². The van der Waals surface area contributed by atoms with Crippen LogP contribution in [0.15, 0.2) is 24.3 Å². The molecule has 5 heteroatoms. The van der Waals surface area contributed by atoms with E-state index in [2.05, 4.69) is 10.2 Å². The highest BCUT2D eigenvalue weighted by atomic mass is 16.4. The van der Waals surface area contributed by atoms with Crippen molar-refractivity contribution in [1.29, 1.82) is 0 Å². The number of aryl methyl sites for hydroxylation is 1. The van der Waals surface area contributed by atoms with Crippen molar-refractivity contribution < 1.29 is 14.7 Å². The normalized spacial score (nSPS) is 16.4. The van der Waals surface area contributed by atoms with Gasteiger partial charge in [-0.3, -0.25) is 4.79 Å². The molecule has 0 spiro atoms. The summed E-state index contributed by atoms with van der Waals surface area (Å²) in [6, 6.07) is 6.26. The van der Waals surface area contributed by atoms with Gasteiger partial charge in [0, 0.05) is 6.42 Å². The topological polar surface area (TPSA) is 69.6 Å². The highest BCUT2D eigenvalue weighted by Crippen LogP contribution is 2.15. The zero-order chi connectivity index (χ0) is 15.9. The molecule has 0 radical (unpaired) electrons. The molecule has 1 amide bonds. The second-order valence-electron chi connectivity index (χ2n) is 5.91. The van der Waals surface area contributed by atoms with Crippen molar-refractivity contribution in [3.05, 3.63) is 35.4 Å². The molecule has 1 aromatic rings. The van der Waals surface area contributed by atoms with Gasteiger partial charge in [-0.05, 0) is 51.4 Å². The number of nitrogens with zero attached hydrogens (tertiary/aromatic N) is 1. The first-order valence-electron chi connectivity index (χ1n) is 7.87. The van der Waals surface area contributed by atoms with E-state index in [9.17, 15) is 14.7 Å². The molecule has 0 aliphatic carbocycles. The standard InChI is InChI=1S/C17H24N2O3/c1-13-6-4-7-14(12-13)16(17(21)22)18-15(20)8-5-11-19-9-2-3-10-19/h4,6-7,12,16H,2-3,5,8-11H2,1H3,(H,18,20)(H,21,22)/t16-/m0/s1. The maximum Gasteiger partial charge on any atom is 0.330 e. The Bertz CT molecular complexity index is 524. The van der Waals surface area contributed by atoms with E-state index in [0.29, 0.717) is 12.0 Å². The number of rotatable bonds is 7. The lowest BCUT2D eigenvalue weighted by Gasteiger charge is -2.17. The number of amides is 1.